The number of carbonyl (C=O) groups is 1. The van der Waals surface area contributed by atoms with E-state index < -0.39 is 23.5 Å². The Hall–Kier alpha value is -3.49. The second-order valence-corrected chi connectivity index (χ2v) is 5.42. The predicted molar refractivity (Wildman–Crippen MR) is 91.1 cm³/mol. The molecule has 0 saturated heterocycles. The van der Waals surface area contributed by atoms with Crippen LogP contribution >= 0.6 is 0 Å². The van der Waals surface area contributed by atoms with E-state index in [1.54, 1.807) is 12.1 Å². The zero-order valence-electron chi connectivity index (χ0n) is 13.6. The Bertz CT molecular complexity index is 941. The Morgan fingerprint density at radius 2 is 1.63 bits per heavy atom. The van der Waals surface area contributed by atoms with Crippen molar-refractivity contribution in [3.8, 4) is 0 Å². The average molecular weight is 376 g/mol. The van der Waals surface area contributed by atoms with Gasteiger partial charge in [-0.2, -0.15) is 13.2 Å². The molecule has 138 valence electrons. The topological polar surface area (TPSA) is 66.9 Å². The van der Waals surface area contributed by atoms with Gasteiger partial charge in [0.1, 0.15) is 17.3 Å². The number of rotatable bonds is 4. The SMILES string of the molecule is O=C(Nc1ccc(C(F)(F)F)cc1)c1cnc(Nc2ccccc2F)cn1. The van der Waals surface area contributed by atoms with E-state index in [4.69, 9.17) is 0 Å². The number of anilines is 3. The summed E-state index contributed by atoms with van der Waals surface area (Å²) in [5.41, 5.74) is -0.477. The number of aromatic nitrogens is 2. The van der Waals surface area contributed by atoms with E-state index in [2.05, 4.69) is 20.6 Å². The number of nitrogens with one attached hydrogen (secondary N) is 2. The number of nitrogens with zero attached hydrogens (tertiary/aromatic N) is 2. The molecule has 0 fully saturated rings. The lowest BCUT2D eigenvalue weighted by Crippen LogP contribution is -2.14. The maximum absolute atomic E-state index is 13.6. The third-order valence-corrected chi connectivity index (χ3v) is 3.49. The first-order chi connectivity index (χ1) is 12.8. The minimum atomic E-state index is -4.45. The molecule has 2 N–H and O–H groups in total. The average Bonchev–Trinajstić information content (AvgIpc) is 2.64. The van der Waals surface area contributed by atoms with Crippen molar-refractivity contribution >= 4 is 23.1 Å². The number of hydrogen-bond acceptors (Lipinski definition) is 4. The van der Waals surface area contributed by atoms with Crippen LogP contribution in [0.3, 0.4) is 0 Å². The molecule has 1 aromatic heterocycles. The number of para-hydroxylation sites is 1. The maximum Gasteiger partial charge on any atom is 0.416 e. The molecule has 0 aliphatic carbocycles. The van der Waals surface area contributed by atoms with E-state index in [9.17, 15) is 22.4 Å². The van der Waals surface area contributed by atoms with Crippen molar-refractivity contribution in [1.82, 2.24) is 9.97 Å². The smallest absolute Gasteiger partial charge is 0.337 e. The van der Waals surface area contributed by atoms with Crippen molar-refractivity contribution in [2.75, 3.05) is 10.6 Å². The zero-order valence-corrected chi connectivity index (χ0v) is 13.6. The molecule has 27 heavy (non-hydrogen) atoms. The number of benzene rings is 2. The van der Waals surface area contributed by atoms with Gasteiger partial charge >= 0.3 is 6.18 Å². The van der Waals surface area contributed by atoms with Crippen LogP contribution in [0.25, 0.3) is 0 Å². The molecule has 0 aliphatic rings. The van der Waals surface area contributed by atoms with E-state index in [1.165, 1.54) is 24.5 Å². The monoisotopic (exact) mass is 376 g/mol. The summed E-state index contributed by atoms with van der Waals surface area (Å²) in [4.78, 5) is 20.0. The van der Waals surface area contributed by atoms with Gasteiger partial charge in [0.25, 0.3) is 5.91 Å². The van der Waals surface area contributed by atoms with Gasteiger partial charge < -0.3 is 10.6 Å². The van der Waals surface area contributed by atoms with Gasteiger partial charge in [0.2, 0.25) is 0 Å². The third-order valence-electron chi connectivity index (χ3n) is 3.49. The normalized spacial score (nSPS) is 11.1. The Balaban J connectivity index is 1.66. The van der Waals surface area contributed by atoms with E-state index in [0.29, 0.717) is 0 Å². The van der Waals surface area contributed by atoms with Crippen LogP contribution < -0.4 is 10.6 Å². The highest BCUT2D eigenvalue weighted by Crippen LogP contribution is 2.29. The molecule has 3 rings (SSSR count). The van der Waals surface area contributed by atoms with Crippen LogP contribution in [0.15, 0.2) is 60.9 Å². The molecule has 1 amide bonds. The minimum absolute atomic E-state index is 0.0472. The largest absolute Gasteiger partial charge is 0.416 e. The van der Waals surface area contributed by atoms with Crippen LogP contribution in [0.1, 0.15) is 16.1 Å². The van der Waals surface area contributed by atoms with Crippen molar-refractivity contribution in [2.45, 2.75) is 6.18 Å². The number of amides is 1. The molecule has 0 bridgehead atoms. The van der Waals surface area contributed by atoms with Gasteiger partial charge in [-0.05, 0) is 36.4 Å². The summed E-state index contributed by atoms with van der Waals surface area (Å²) in [5.74, 6) is -0.880. The summed E-state index contributed by atoms with van der Waals surface area (Å²) >= 11 is 0. The molecule has 0 spiro atoms. The summed E-state index contributed by atoms with van der Waals surface area (Å²) in [6.45, 7) is 0. The lowest BCUT2D eigenvalue weighted by atomic mass is 10.2. The summed E-state index contributed by atoms with van der Waals surface area (Å²) in [7, 11) is 0. The summed E-state index contributed by atoms with van der Waals surface area (Å²) in [5, 5.41) is 5.15. The molecule has 1 heterocycles. The van der Waals surface area contributed by atoms with Gasteiger partial charge in [-0.25, -0.2) is 14.4 Å². The van der Waals surface area contributed by atoms with Gasteiger partial charge in [0, 0.05) is 5.69 Å². The van der Waals surface area contributed by atoms with Crippen LogP contribution in [0.2, 0.25) is 0 Å². The zero-order chi connectivity index (χ0) is 19.4. The molecule has 3 aromatic rings. The molecular weight excluding hydrogens is 364 g/mol. The van der Waals surface area contributed by atoms with Crippen molar-refractivity contribution < 1.29 is 22.4 Å². The Morgan fingerprint density at radius 3 is 2.22 bits per heavy atom. The van der Waals surface area contributed by atoms with Gasteiger partial charge in [0.05, 0.1) is 23.6 Å². The van der Waals surface area contributed by atoms with Crippen molar-refractivity contribution in [1.29, 1.82) is 0 Å². The Labute approximate surface area is 151 Å². The highest BCUT2D eigenvalue weighted by Gasteiger charge is 2.30. The minimum Gasteiger partial charge on any atom is -0.337 e. The highest BCUT2D eigenvalue weighted by molar-refractivity contribution is 6.02. The molecule has 0 aliphatic heterocycles. The first-order valence-corrected chi connectivity index (χ1v) is 7.65. The van der Waals surface area contributed by atoms with E-state index in [-0.39, 0.29) is 22.9 Å². The molecule has 0 radical (unpaired) electrons. The lowest BCUT2D eigenvalue weighted by molar-refractivity contribution is -0.137. The fourth-order valence-corrected chi connectivity index (χ4v) is 2.15. The number of halogens is 4. The fraction of sp³-hybridized carbons (Fsp3) is 0.0556. The number of alkyl halides is 3. The number of carbonyl (C=O) groups excluding carboxylic acids is 1. The van der Waals surface area contributed by atoms with Crippen LogP contribution in [-0.4, -0.2) is 15.9 Å². The van der Waals surface area contributed by atoms with Crippen LogP contribution in [0.4, 0.5) is 34.8 Å². The quantitative estimate of drug-likeness (QED) is 0.652. The summed E-state index contributed by atoms with van der Waals surface area (Å²) in [6.07, 6.45) is -2.04. The first-order valence-electron chi connectivity index (χ1n) is 7.65. The maximum atomic E-state index is 13.6. The van der Waals surface area contributed by atoms with Crippen LogP contribution in [0.5, 0.6) is 0 Å². The Kier molecular flexibility index (Phi) is 5.02. The summed E-state index contributed by atoms with van der Waals surface area (Å²) < 4.78 is 51.2. The van der Waals surface area contributed by atoms with Gasteiger partial charge in [-0.1, -0.05) is 12.1 Å². The van der Waals surface area contributed by atoms with Gasteiger partial charge in [-0.15, -0.1) is 0 Å². The second-order valence-electron chi connectivity index (χ2n) is 5.42. The third kappa shape index (κ3) is 4.57. The fourth-order valence-electron chi connectivity index (χ4n) is 2.15. The summed E-state index contributed by atoms with van der Waals surface area (Å²) in [6, 6.07) is 9.99. The highest BCUT2D eigenvalue weighted by atomic mass is 19.4. The standard InChI is InChI=1S/C18H12F4N4O/c19-13-3-1-2-4-14(13)26-16-10-23-15(9-24-16)17(27)25-12-7-5-11(6-8-12)18(20,21)22/h1-10H,(H,24,26)(H,25,27). The van der Waals surface area contributed by atoms with Crippen LogP contribution in [0, 0.1) is 5.82 Å². The van der Waals surface area contributed by atoms with E-state index in [0.717, 1.165) is 24.3 Å². The van der Waals surface area contributed by atoms with E-state index in [1.807, 2.05) is 0 Å². The lowest BCUT2D eigenvalue weighted by Gasteiger charge is -2.09. The molecule has 5 nitrogen and oxygen atoms in total. The van der Waals surface area contributed by atoms with Crippen molar-refractivity contribution in [3.05, 3.63) is 78.0 Å². The van der Waals surface area contributed by atoms with Crippen molar-refractivity contribution in [3.63, 3.8) is 0 Å². The second kappa shape index (κ2) is 7.40. The molecular formula is C18H12F4N4O. The Morgan fingerprint density at radius 1 is 0.926 bits per heavy atom. The first kappa shape index (κ1) is 18.3. The van der Waals surface area contributed by atoms with Crippen LogP contribution in [-0.2, 0) is 6.18 Å². The molecule has 9 heteroatoms. The van der Waals surface area contributed by atoms with Crippen molar-refractivity contribution in [2.24, 2.45) is 0 Å². The molecule has 2 aromatic carbocycles. The van der Waals surface area contributed by atoms with E-state index >= 15 is 0 Å². The predicted octanol–water partition coefficient (Wildman–Crippen LogP) is 4.63. The van der Waals surface area contributed by atoms with Gasteiger partial charge in [-0.3, -0.25) is 4.79 Å². The number of hydrogen-bond donors (Lipinski definition) is 2. The molecule has 0 unspecified atom stereocenters. The molecule has 0 atom stereocenters. The molecule has 0 saturated carbocycles. The van der Waals surface area contributed by atoms with Gasteiger partial charge in [0.15, 0.2) is 0 Å².